The van der Waals surface area contributed by atoms with Gasteiger partial charge in [-0.3, -0.25) is 9.59 Å². The Kier molecular flexibility index (Phi) is 5.09. The third-order valence-corrected chi connectivity index (χ3v) is 3.73. The molecule has 0 fully saturated rings. The number of amides is 1. The van der Waals surface area contributed by atoms with Crippen molar-refractivity contribution in [3.05, 3.63) is 28.5 Å². The average Bonchev–Trinajstić information content (AvgIpc) is 2.86. The van der Waals surface area contributed by atoms with Crippen LogP contribution in [0, 0.1) is 5.41 Å². The molecule has 1 amide bonds. The van der Waals surface area contributed by atoms with Crippen LogP contribution >= 0.6 is 11.3 Å². The van der Waals surface area contributed by atoms with Crippen LogP contribution in [0.2, 0.25) is 0 Å². The Labute approximate surface area is 110 Å². The zero-order chi connectivity index (χ0) is 13.6. The number of carbonyl (C=O) groups excluding carboxylic acids is 1. The van der Waals surface area contributed by atoms with Crippen molar-refractivity contribution in [1.29, 1.82) is 0 Å². The Bertz CT molecular complexity index is 439. The second-order valence-electron chi connectivity index (χ2n) is 4.29. The van der Waals surface area contributed by atoms with Crippen molar-refractivity contribution in [2.45, 2.75) is 20.3 Å². The van der Waals surface area contributed by atoms with Gasteiger partial charge in [0.1, 0.15) is 0 Å². The van der Waals surface area contributed by atoms with Crippen LogP contribution in [0.4, 0.5) is 0 Å². The van der Waals surface area contributed by atoms with E-state index in [0.717, 1.165) is 4.88 Å². The van der Waals surface area contributed by atoms with Gasteiger partial charge in [0, 0.05) is 17.5 Å². The minimum Gasteiger partial charge on any atom is -0.481 e. The summed E-state index contributed by atoms with van der Waals surface area (Å²) < 4.78 is 0. The fourth-order valence-corrected chi connectivity index (χ4v) is 1.85. The van der Waals surface area contributed by atoms with E-state index >= 15 is 0 Å². The number of hydrogen-bond acceptors (Lipinski definition) is 3. The van der Waals surface area contributed by atoms with Crippen molar-refractivity contribution in [3.63, 3.8) is 0 Å². The highest BCUT2D eigenvalue weighted by atomic mass is 32.1. The number of nitrogens with one attached hydrogen (secondary N) is 1. The third kappa shape index (κ3) is 4.00. The normalized spacial score (nSPS) is 14.3. The van der Waals surface area contributed by atoms with Crippen molar-refractivity contribution in [2.75, 3.05) is 6.54 Å². The molecule has 1 heterocycles. The zero-order valence-corrected chi connectivity index (χ0v) is 11.3. The number of carboxylic acid groups (broad SMARTS) is 1. The molecule has 5 heteroatoms. The number of aliphatic carboxylic acids is 1. The van der Waals surface area contributed by atoms with Gasteiger partial charge < -0.3 is 10.4 Å². The molecule has 1 aromatic heterocycles. The molecule has 1 rings (SSSR count). The molecule has 18 heavy (non-hydrogen) atoms. The molecule has 0 radical (unpaired) electrons. The highest BCUT2D eigenvalue weighted by Gasteiger charge is 2.31. The van der Waals surface area contributed by atoms with Crippen LogP contribution in [0.25, 0.3) is 6.08 Å². The lowest BCUT2D eigenvalue weighted by Crippen LogP contribution is -2.40. The standard InChI is InChI=1S/C13H17NO3S/c1-3-13(2,12(16)17)9-14-11(15)7-6-10-5-4-8-18-10/h4-8H,3,9H2,1-2H3,(H,14,15)(H,16,17)/b7-6+. The quantitative estimate of drug-likeness (QED) is 0.778. The van der Waals surface area contributed by atoms with Crippen LogP contribution < -0.4 is 5.32 Å². The molecule has 98 valence electrons. The number of thiophene rings is 1. The van der Waals surface area contributed by atoms with Crippen molar-refractivity contribution in [3.8, 4) is 0 Å². The Morgan fingerprint density at radius 1 is 1.56 bits per heavy atom. The van der Waals surface area contributed by atoms with E-state index < -0.39 is 11.4 Å². The molecule has 1 atom stereocenters. The van der Waals surface area contributed by atoms with Crippen LogP contribution in [0.3, 0.4) is 0 Å². The lowest BCUT2D eigenvalue weighted by Gasteiger charge is -2.22. The fourth-order valence-electron chi connectivity index (χ4n) is 1.24. The van der Waals surface area contributed by atoms with E-state index in [9.17, 15) is 9.59 Å². The van der Waals surface area contributed by atoms with Gasteiger partial charge in [-0.15, -0.1) is 11.3 Å². The lowest BCUT2D eigenvalue weighted by molar-refractivity contribution is -0.148. The van der Waals surface area contributed by atoms with Gasteiger partial charge in [0.05, 0.1) is 5.41 Å². The SMILES string of the molecule is CCC(C)(CNC(=O)/C=C/c1cccs1)C(=O)O. The molecule has 0 aliphatic rings. The number of carboxylic acids is 1. The summed E-state index contributed by atoms with van der Waals surface area (Å²) in [5, 5.41) is 13.6. The molecule has 0 aliphatic carbocycles. The van der Waals surface area contributed by atoms with Gasteiger partial charge in [0.25, 0.3) is 0 Å². The Balaban J connectivity index is 2.48. The topological polar surface area (TPSA) is 66.4 Å². The summed E-state index contributed by atoms with van der Waals surface area (Å²) in [5.74, 6) is -1.17. The molecule has 0 spiro atoms. The Hall–Kier alpha value is -1.62. The first kappa shape index (κ1) is 14.4. The maximum Gasteiger partial charge on any atom is 0.311 e. The smallest absolute Gasteiger partial charge is 0.311 e. The maximum absolute atomic E-state index is 11.5. The first-order chi connectivity index (χ1) is 8.48. The van der Waals surface area contributed by atoms with Crippen LogP contribution in [-0.2, 0) is 9.59 Å². The first-order valence-electron chi connectivity index (χ1n) is 5.71. The van der Waals surface area contributed by atoms with Gasteiger partial charge in [-0.1, -0.05) is 13.0 Å². The summed E-state index contributed by atoms with van der Waals surface area (Å²) in [6.07, 6.45) is 3.60. The summed E-state index contributed by atoms with van der Waals surface area (Å²) >= 11 is 1.54. The van der Waals surface area contributed by atoms with Gasteiger partial charge in [-0.05, 0) is 30.9 Å². The minimum atomic E-state index is -0.910. The van der Waals surface area contributed by atoms with Gasteiger partial charge >= 0.3 is 5.97 Å². The molecule has 0 saturated heterocycles. The molecule has 1 aromatic rings. The average molecular weight is 267 g/mol. The van der Waals surface area contributed by atoms with Gasteiger partial charge in [0.15, 0.2) is 0 Å². The van der Waals surface area contributed by atoms with E-state index in [1.807, 2.05) is 17.5 Å². The predicted octanol–water partition coefficient (Wildman–Crippen LogP) is 2.38. The predicted molar refractivity (Wildman–Crippen MR) is 72.4 cm³/mol. The zero-order valence-electron chi connectivity index (χ0n) is 10.5. The maximum atomic E-state index is 11.5. The Morgan fingerprint density at radius 2 is 2.28 bits per heavy atom. The molecule has 0 aliphatic heterocycles. The van der Waals surface area contributed by atoms with Gasteiger partial charge in [-0.25, -0.2) is 0 Å². The van der Waals surface area contributed by atoms with Crippen LogP contribution in [-0.4, -0.2) is 23.5 Å². The third-order valence-electron chi connectivity index (χ3n) is 2.89. The van der Waals surface area contributed by atoms with Crippen molar-refractivity contribution >= 4 is 29.3 Å². The van der Waals surface area contributed by atoms with Crippen LogP contribution in [0.5, 0.6) is 0 Å². The minimum absolute atomic E-state index is 0.131. The summed E-state index contributed by atoms with van der Waals surface area (Å²) in [4.78, 5) is 23.6. The van der Waals surface area contributed by atoms with E-state index in [4.69, 9.17) is 5.11 Å². The summed E-state index contributed by atoms with van der Waals surface area (Å²) in [7, 11) is 0. The fraction of sp³-hybridized carbons (Fsp3) is 0.385. The molecule has 1 unspecified atom stereocenters. The lowest BCUT2D eigenvalue weighted by atomic mass is 9.88. The molecule has 0 aromatic carbocycles. The van der Waals surface area contributed by atoms with Crippen molar-refractivity contribution in [2.24, 2.45) is 5.41 Å². The van der Waals surface area contributed by atoms with Gasteiger partial charge in [0.2, 0.25) is 5.91 Å². The second kappa shape index (κ2) is 6.35. The van der Waals surface area contributed by atoms with Crippen molar-refractivity contribution in [1.82, 2.24) is 5.32 Å². The number of carbonyl (C=O) groups is 2. The molecular weight excluding hydrogens is 250 g/mol. The van der Waals surface area contributed by atoms with Gasteiger partial charge in [-0.2, -0.15) is 0 Å². The van der Waals surface area contributed by atoms with Crippen molar-refractivity contribution < 1.29 is 14.7 Å². The van der Waals surface area contributed by atoms with E-state index in [2.05, 4.69) is 5.32 Å². The molecule has 4 nitrogen and oxygen atoms in total. The highest BCUT2D eigenvalue weighted by molar-refractivity contribution is 7.10. The second-order valence-corrected chi connectivity index (χ2v) is 5.27. The van der Waals surface area contributed by atoms with E-state index in [1.54, 1.807) is 19.9 Å². The summed E-state index contributed by atoms with van der Waals surface area (Å²) in [6.45, 7) is 3.55. The van der Waals surface area contributed by atoms with E-state index in [1.165, 1.54) is 17.4 Å². The molecule has 0 bridgehead atoms. The van der Waals surface area contributed by atoms with E-state index in [-0.39, 0.29) is 12.5 Å². The largest absolute Gasteiger partial charge is 0.481 e. The van der Waals surface area contributed by atoms with Crippen LogP contribution in [0.15, 0.2) is 23.6 Å². The number of hydrogen-bond donors (Lipinski definition) is 2. The first-order valence-corrected chi connectivity index (χ1v) is 6.59. The summed E-state index contributed by atoms with van der Waals surface area (Å²) in [5.41, 5.74) is -0.910. The molecule has 0 saturated carbocycles. The summed E-state index contributed by atoms with van der Waals surface area (Å²) in [6, 6.07) is 3.81. The Morgan fingerprint density at radius 3 is 2.78 bits per heavy atom. The molecular formula is C13H17NO3S. The molecule has 2 N–H and O–H groups in total. The number of rotatable bonds is 6. The van der Waals surface area contributed by atoms with Crippen LogP contribution in [0.1, 0.15) is 25.1 Å². The monoisotopic (exact) mass is 267 g/mol. The highest BCUT2D eigenvalue weighted by Crippen LogP contribution is 2.19. The van der Waals surface area contributed by atoms with E-state index in [0.29, 0.717) is 6.42 Å².